The standard InChI is InChI=1S/C10H9BrF2O4S/c1-2-18(16,17)8-4-3-6(5-7(8)11)10(12,13)9(14)15/h3-5H,2H2,1H3,(H,14,15). The van der Waals surface area contributed by atoms with Gasteiger partial charge in [-0.3, -0.25) is 0 Å². The van der Waals surface area contributed by atoms with Crippen molar-refractivity contribution < 1.29 is 27.1 Å². The summed E-state index contributed by atoms with van der Waals surface area (Å²) in [5.74, 6) is -6.53. The molecular weight excluding hydrogens is 334 g/mol. The Morgan fingerprint density at radius 2 is 2.00 bits per heavy atom. The predicted octanol–water partition coefficient (Wildman–Crippen LogP) is 2.42. The van der Waals surface area contributed by atoms with Crippen molar-refractivity contribution in [2.75, 3.05) is 5.75 Å². The Balaban J connectivity index is 3.36. The monoisotopic (exact) mass is 342 g/mol. The zero-order chi connectivity index (χ0) is 14.1. The predicted molar refractivity (Wildman–Crippen MR) is 63.4 cm³/mol. The highest BCUT2D eigenvalue weighted by molar-refractivity contribution is 9.10. The van der Waals surface area contributed by atoms with Crippen LogP contribution in [0, 0.1) is 0 Å². The molecule has 0 saturated heterocycles. The molecule has 0 atom stereocenters. The minimum absolute atomic E-state index is 0.0808. The summed E-state index contributed by atoms with van der Waals surface area (Å²) in [6, 6.07) is 2.56. The zero-order valence-electron chi connectivity index (χ0n) is 9.15. The van der Waals surface area contributed by atoms with E-state index in [2.05, 4.69) is 15.9 Å². The lowest BCUT2D eigenvalue weighted by molar-refractivity contribution is -0.166. The number of halogens is 3. The Hall–Kier alpha value is -1.02. The van der Waals surface area contributed by atoms with Crippen LogP contribution in [0.15, 0.2) is 27.6 Å². The van der Waals surface area contributed by atoms with Crippen molar-refractivity contribution in [1.29, 1.82) is 0 Å². The van der Waals surface area contributed by atoms with Gasteiger partial charge in [0.25, 0.3) is 0 Å². The van der Waals surface area contributed by atoms with Crippen molar-refractivity contribution in [3.05, 3.63) is 28.2 Å². The number of aliphatic carboxylic acids is 1. The molecule has 18 heavy (non-hydrogen) atoms. The minimum atomic E-state index is -4.06. The summed E-state index contributed by atoms with van der Waals surface area (Å²) >= 11 is 2.86. The Labute approximate surface area is 111 Å². The number of hydrogen-bond donors (Lipinski definition) is 1. The molecule has 0 aliphatic carbocycles. The first-order chi connectivity index (χ1) is 8.13. The van der Waals surface area contributed by atoms with Crippen LogP contribution in [0.4, 0.5) is 8.78 Å². The number of carboxylic acid groups (broad SMARTS) is 1. The first kappa shape index (κ1) is 15.0. The maximum absolute atomic E-state index is 13.2. The Kier molecular flexibility index (Phi) is 4.12. The molecule has 0 spiro atoms. The van der Waals surface area contributed by atoms with Gasteiger partial charge in [-0.25, -0.2) is 13.2 Å². The molecule has 0 amide bonds. The summed E-state index contributed by atoms with van der Waals surface area (Å²) in [4.78, 5) is 10.2. The van der Waals surface area contributed by atoms with Crippen LogP contribution in [0.2, 0.25) is 0 Å². The Morgan fingerprint density at radius 3 is 2.39 bits per heavy atom. The number of carbonyl (C=O) groups is 1. The molecule has 0 bridgehead atoms. The summed E-state index contributed by atoms with van der Waals surface area (Å²) in [5.41, 5.74) is -0.781. The van der Waals surface area contributed by atoms with E-state index in [4.69, 9.17) is 5.11 Å². The molecule has 1 N–H and O–H groups in total. The molecule has 8 heteroatoms. The maximum atomic E-state index is 13.2. The molecule has 0 aliphatic rings. The van der Waals surface area contributed by atoms with Crippen LogP contribution in [0.1, 0.15) is 12.5 Å². The summed E-state index contributed by atoms with van der Waals surface area (Å²) in [6.45, 7) is 1.42. The van der Waals surface area contributed by atoms with Crippen LogP contribution in [0.25, 0.3) is 0 Å². The summed E-state index contributed by atoms with van der Waals surface area (Å²) < 4.78 is 49.5. The molecule has 0 unspecified atom stereocenters. The van der Waals surface area contributed by atoms with E-state index in [0.717, 1.165) is 18.2 Å². The second-order valence-corrected chi connectivity index (χ2v) is 6.53. The zero-order valence-corrected chi connectivity index (χ0v) is 11.6. The highest BCUT2D eigenvalue weighted by Gasteiger charge is 2.41. The SMILES string of the molecule is CCS(=O)(=O)c1ccc(C(F)(F)C(=O)O)cc1Br. The number of alkyl halides is 2. The van der Waals surface area contributed by atoms with Crippen LogP contribution < -0.4 is 0 Å². The molecule has 4 nitrogen and oxygen atoms in total. The lowest BCUT2D eigenvalue weighted by atomic mass is 10.1. The third-order valence-electron chi connectivity index (χ3n) is 2.28. The van der Waals surface area contributed by atoms with Gasteiger partial charge in [0.05, 0.1) is 10.6 Å². The summed E-state index contributed by atoms with van der Waals surface area (Å²) in [5, 5.41) is 8.38. The lowest BCUT2D eigenvalue weighted by Gasteiger charge is -2.13. The molecule has 0 aliphatic heterocycles. The number of sulfone groups is 1. The van der Waals surface area contributed by atoms with Gasteiger partial charge in [0.15, 0.2) is 9.84 Å². The lowest BCUT2D eigenvalue weighted by Crippen LogP contribution is -2.25. The normalized spacial score (nSPS) is 12.4. The third-order valence-corrected chi connectivity index (χ3v) is 4.98. The summed E-state index contributed by atoms with van der Waals surface area (Å²) in [7, 11) is -3.55. The van der Waals surface area contributed by atoms with E-state index in [0.29, 0.717) is 0 Å². The number of carboxylic acids is 1. The van der Waals surface area contributed by atoms with E-state index in [9.17, 15) is 22.0 Å². The number of hydrogen-bond acceptors (Lipinski definition) is 3. The molecule has 0 radical (unpaired) electrons. The second-order valence-electron chi connectivity index (χ2n) is 3.43. The molecule has 0 heterocycles. The van der Waals surface area contributed by atoms with Crippen molar-refractivity contribution in [2.24, 2.45) is 0 Å². The summed E-state index contributed by atoms with van der Waals surface area (Å²) in [6.07, 6.45) is 0. The van der Waals surface area contributed by atoms with Crippen LogP contribution >= 0.6 is 15.9 Å². The van der Waals surface area contributed by atoms with Crippen molar-refractivity contribution in [1.82, 2.24) is 0 Å². The van der Waals surface area contributed by atoms with E-state index in [-0.39, 0.29) is 15.1 Å². The molecule has 0 fully saturated rings. The van der Waals surface area contributed by atoms with Gasteiger partial charge < -0.3 is 5.11 Å². The van der Waals surface area contributed by atoms with E-state index in [1.807, 2.05) is 0 Å². The Morgan fingerprint density at radius 1 is 1.44 bits per heavy atom. The minimum Gasteiger partial charge on any atom is -0.477 e. The molecule has 1 aromatic rings. The highest BCUT2D eigenvalue weighted by Crippen LogP contribution is 2.33. The molecule has 1 aromatic carbocycles. The average molecular weight is 343 g/mol. The van der Waals surface area contributed by atoms with Gasteiger partial charge in [-0.2, -0.15) is 8.78 Å². The fourth-order valence-electron chi connectivity index (χ4n) is 1.23. The molecule has 100 valence electrons. The van der Waals surface area contributed by atoms with Gasteiger partial charge in [-0.05, 0) is 28.1 Å². The van der Waals surface area contributed by atoms with Crippen molar-refractivity contribution in [3.63, 3.8) is 0 Å². The van der Waals surface area contributed by atoms with Gasteiger partial charge in [0, 0.05) is 10.0 Å². The van der Waals surface area contributed by atoms with Gasteiger partial charge in [-0.1, -0.05) is 13.0 Å². The fourth-order valence-corrected chi connectivity index (χ4v) is 3.29. The van der Waals surface area contributed by atoms with Crippen molar-refractivity contribution in [2.45, 2.75) is 17.7 Å². The Bertz CT molecular complexity index is 584. The molecular formula is C10H9BrF2O4S. The van der Waals surface area contributed by atoms with E-state index in [1.54, 1.807) is 0 Å². The highest BCUT2D eigenvalue weighted by atomic mass is 79.9. The number of benzene rings is 1. The van der Waals surface area contributed by atoms with Crippen LogP contribution in [0.3, 0.4) is 0 Å². The van der Waals surface area contributed by atoms with Gasteiger partial charge >= 0.3 is 11.9 Å². The molecule has 1 rings (SSSR count). The smallest absolute Gasteiger partial charge is 0.379 e. The topological polar surface area (TPSA) is 71.4 Å². The second kappa shape index (κ2) is 4.93. The first-order valence-electron chi connectivity index (χ1n) is 4.77. The van der Waals surface area contributed by atoms with Crippen LogP contribution in [-0.4, -0.2) is 25.2 Å². The van der Waals surface area contributed by atoms with Crippen molar-refractivity contribution >= 4 is 31.7 Å². The van der Waals surface area contributed by atoms with Crippen LogP contribution in [0.5, 0.6) is 0 Å². The fraction of sp³-hybridized carbons (Fsp3) is 0.300. The third kappa shape index (κ3) is 2.69. The van der Waals surface area contributed by atoms with E-state index < -0.39 is 27.3 Å². The molecule has 0 saturated carbocycles. The first-order valence-corrected chi connectivity index (χ1v) is 7.21. The van der Waals surface area contributed by atoms with E-state index in [1.165, 1.54) is 6.92 Å². The van der Waals surface area contributed by atoms with Gasteiger partial charge in [0.1, 0.15) is 0 Å². The average Bonchev–Trinajstić information content (AvgIpc) is 2.28. The molecule has 0 aromatic heterocycles. The largest absolute Gasteiger partial charge is 0.477 e. The maximum Gasteiger partial charge on any atom is 0.379 e. The van der Waals surface area contributed by atoms with Crippen LogP contribution in [-0.2, 0) is 20.6 Å². The van der Waals surface area contributed by atoms with Crippen molar-refractivity contribution in [3.8, 4) is 0 Å². The van der Waals surface area contributed by atoms with Gasteiger partial charge in [0.2, 0.25) is 0 Å². The van der Waals surface area contributed by atoms with E-state index >= 15 is 0 Å². The van der Waals surface area contributed by atoms with Gasteiger partial charge in [-0.15, -0.1) is 0 Å². The number of rotatable bonds is 4. The quantitative estimate of drug-likeness (QED) is 0.911.